The first kappa shape index (κ1) is 26.0. The number of fused-ring (bicyclic) bond motifs is 2. The Morgan fingerprint density at radius 1 is 0.974 bits per heavy atom. The number of piperazine rings is 1. The van der Waals surface area contributed by atoms with Gasteiger partial charge in [0.05, 0.1) is 36.8 Å². The van der Waals surface area contributed by atoms with E-state index in [1.54, 1.807) is 30.6 Å². The number of hydrogen-bond acceptors (Lipinski definition) is 9. The van der Waals surface area contributed by atoms with Crippen molar-refractivity contribution in [3.05, 3.63) is 36.4 Å². The molecule has 0 bridgehead atoms. The number of anilines is 1. The SMILES string of the molecule is CS(=O)(=O)N1CCN(CCn2cnc3c(-n4c(C(F)F)nc5ccccc54)nc(N4CCOCC4)nc32)CC1. The molecule has 15 heteroatoms. The minimum Gasteiger partial charge on any atom is -0.378 e. The van der Waals surface area contributed by atoms with E-state index in [0.717, 1.165) is 0 Å². The molecule has 6 rings (SSSR count). The summed E-state index contributed by atoms with van der Waals surface area (Å²) in [6.07, 6.45) is 0.0637. The normalized spacial score (nSPS) is 18.1. The summed E-state index contributed by atoms with van der Waals surface area (Å²) in [5.41, 5.74) is 1.90. The highest BCUT2D eigenvalue weighted by Crippen LogP contribution is 2.31. The molecule has 4 aromatic rings. The van der Waals surface area contributed by atoms with Crippen LogP contribution in [0.2, 0.25) is 0 Å². The minimum absolute atomic E-state index is 0.256. The highest BCUT2D eigenvalue weighted by atomic mass is 32.2. The van der Waals surface area contributed by atoms with Crippen molar-refractivity contribution in [3.8, 4) is 5.82 Å². The maximum absolute atomic E-state index is 14.2. The van der Waals surface area contributed by atoms with Crippen molar-refractivity contribution in [2.24, 2.45) is 0 Å². The molecule has 12 nitrogen and oxygen atoms in total. The molecular weight excluding hydrogens is 532 g/mol. The van der Waals surface area contributed by atoms with Crippen LogP contribution in [-0.2, 0) is 21.3 Å². The molecule has 2 fully saturated rings. The van der Waals surface area contributed by atoms with Gasteiger partial charge in [0.25, 0.3) is 6.43 Å². The van der Waals surface area contributed by atoms with Crippen LogP contribution in [-0.4, -0.2) is 112 Å². The smallest absolute Gasteiger partial charge is 0.296 e. The molecule has 2 aliphatic heterocycles. The second-order valence-electron chi connectivity index (χ2n) is 9.66. The fourth-order valence-corrected chi connectivity index (χ4v) is 5.92. The average molecular weight is 562 g/mol. The van der Waals surface area contributed by atoms with Gasteiger partial charge >= 0.3 is 0 Å². The molecular formula is C24H29F2N9O3S. The molecule has 0 amide bonds. The lowest BCUT2D eigenvalue weighted by atomic mass is 10.3. The lowest BCUT2D eigenvalue weighted by Gasteiger charge is -2.33. The minimum atomic E-state index is -3.20. The summed E-state index contributed by atoms with van der Waals surface area (Å²) >= 11 is 0. The van der Waals surface area contributed by atoms with Crippen LogP contribution in [0.25, 0.3) is 28.0 Å². The Morgan fingerprint density at radius 2 is 1.72 bits per heavy atom. The van der Waals surface area contributed by atoms with Crippen molar-refractivity contribution in [1.29, 1.82) is 0 Å². The van der Waals surface area contributed by atoms with E-state index in [1.165, 1.54) is 15.1 Å². The van der Waals surface area contributed by atoms with Crippen molar-refractivity contribution in [1.82, 2.24) is 38.3 Å². The van der Waals surface area contributed by atoms with Crippen LogP contribution < -0.4 is 4.90 Å². The van der Waals surface area contributed by atoms with Gasteiger partial charge in [-0.15, -0.1) is 0 Å². The van der Waals surface area contributed by atoms with Crippen LogP contribution in [0.5, 0.6) is 0 Å². The van der Waals surface area contributed by atoms with Gasteiger partial charge in [0.15, 0.2) is 22.8 Å². The van der Waals surface area contributed by atoms with Gasteiger partial charge in [0.1, 0.15) is 0 Å². The zero-order valence-corrected chi connectivity index (χ0v) is 22.3. The van der Waals surface area contributed by atoms with Crippen molar-refractivity contribution in [2.45, 2.75) is 13.0 Å². The lowest BCUT2D eigenvalue weighted by Crippen LogP contribution is -2.48. The Morgan fingerprint density at radius 3 is 2.44 bits per heavy atom. The molecule has 0 saturated carbocycles. The Kier molecular flexibility index (Phi) is 6.91. The number of morpholine rings is 1. The van der Waals surface area contributed by atoms with Crippen molar-refractivity contribution < 1.29 is 21.9 Å². The maximum atomic E-state index is 14.2. The van der Waals surface area contributed by atoms with Crippen LogP contribution in [0, 0.1) is 0 Å². The van der Waals surface area contributed by atoms with Gasteiger partial charge in [0.2, 0.25) is 16.0 Å². The van der Waals surface area contributed by atoms with E-state index >= 15 is 0 Å². The largest absolute Gasteiger partial charge is 0.378 e. The first-order valence-corrected chi connectivity index (χ1v) is 14.6. The topological polar surface area (TPSA) is 115 Å². The van der Waals surface area contributed by atoms with Crippen molar-refractivity contribution in [2.75, 3.05) is 70.2 Å². The number of ether oxygens (including phenoxy) is 1. The van der Waals surface area contributed by atoms with Crippen LogP contribution in [0.4, 0.5) is 14.7 Å². The number of aromatic nitrogens is 6. The number of sulfonamides is 1. The zero-order valence-electron chi connectivity index (χ0n) is 21.4. The molecule has 0 N–H and O–H groups in total. The molecule has 5 heterocycles. The van der Waals surface area contributed by atoms with E-state index in [4.69, 9.17) is 14.7 Å². The number of benzene rings is 1. The van der Waals surface area contributed by atoms with E-state index in [2.05, 4.69) is 14.9 Å². The van der Waals surface area contributed by atoms with Crippen LogP contribution in [0.15, 0.2) is 30.6 Å². The quantitative estimate of drug-likeness (QED) is 0.331. The van der Waals surface area contributed by atoms with Gasteiger partial charge < -0.3 is 14.2 Å². The highest BCUT2D eigenvalue weighted by molar-refractivity contribution is 7.88. The van der Waals surface area contributed by atoms with E-state index in [1.807, 2.05) is 9.47 Å². The molecule has 2 aliphatic rings. The summed E-state index contributed by atoms with van der Waals surface area (Å²) in [5.74, 6) is 0.274. The van der Waals surface area contributed by atoms with Gasteiger partial charge in [-0.3, -0.25) is 9.47 Å². The lowest BCUT2D eigenvalue weighted by molar-refractivity contribution is 0.122. The summed E-state index contributed by atoms with van der Waals surface area (Å²) in [4.78, 5) is 22.5. The predicted molar refractivity (Wildman–Crippen MR) is 141 cm³/mol. The molecule has 0 spiro atoms. The number of rotatable bonds is 7. The van der Waals surface area contributed by atoms with Gasteiger partial charge in [-0.2, -0.15) is 14.3 Å². The van der Waals surface area contributed by atoms with Gasteiger partial charge in [-0.25, -0.2) is 27.2 Å². The van der Waals surface area contributed by atoms with E-state index in [0.29, 0.717) is 93.7 Å². The van der Waals surface area contributed by atoms with E-state index in [-0.39, 0.29) is 5.82 Å². The van der Waals surface area contributed by atoms with Crippen LogP contribution in [0.1, 0.15) is 12.2 Å². The van der Waals surface area contributed by atoms with Crippen molar-refractivity contribution in [3.63, 3.8) is 0 Å². The molecule has 208 valence electrons. The van der Waals surface area contributed by atoms with Crippen molar-refractivity contribution >= 4 is 38.2 Å². The molecule has 3 aromatic heterocycles. The number of nitrogens with zero attached hydrogens (tertiary/aromatic N) is 9. The number of halogens is 2. The monoisotopic (exact) mass is 561 g/mol. The second kappa shape index (κ2) is 10.4. The third-order valence-electron chi connectivity index (χ3n) is 7.18. The number of hydrogen-bond donors (Lipinski definition) is 0. The molecule has 0 aliphatic carbocycles. The third kappa shape index (κ3) is 5.06. The third-order valence-corrected chi connectivity index (χ3v) is 8.48. The predicted octanol–water partition coefficient (Wildman–Crippen LogP) is 1.52. The van der Waals surface area contributed by atoms with E-state index < -0.39 is 22.3 Å². The fraction of sp³-hybridized carbons (Fsp3) is 0.500. The molecule has 1 aromatic carbocycles. The summed E-state index contributed by atoms with van der Waals surface area (Å²) in [6.45, 7) is 5.54. The number of para-hydroxylation sites is 2. The molecule has 0 radical (unpaired) electrons. The number of imidazole rings is 2. The van der Waals surface area contributed by atoms with Gasteiger partial charge in [-0.1, -0.05) is 12.1 Å². The maximum Gasteiger partial charge on any atom is 0.296 e. The zero-order chi connectivity index (χ0) is 27.1. The highest BCUT2D eigenvalue weighted by Gasteiger charge is 2.27. The molecule has 0 unspecified atom stereocenters. The van der Waals surface area contributed by atoms with Crippen LogP contribution >= 0.6 is 0 Å². The van der Waals surface area contributed by atoms with Gasteiger partial charge in [0, 0.05) is 52.4 Å². The molecule has 0 atom stereocenters. The molecule has 2 saturated heterocycles. The summed E-state index contributed by atoms with van der Waals surface area (Å²) < 4.78 is 62.4. The Hall–Kier alpha value is -3.27. The Balaban J connectivity index is 1.39. The molecule has 39 heavy (non-hydrogen) atoms. The Bertz CT molecular complexity index is 1590. The average Bonchev–Trinajstić information content (AvgIpc) is 3.53. The van der Waals surface area contributed by atoms with E-state index in [9.17, 15) is 17.2 Å². The fourth-order valence-electron chi connectivity index (χ4n) is 5.09. The summed E-state index contributed by atoms with van der Waals surface area (Å²) in [5, 5.41) is 0. The second-order valence-corrected chi connectivity index (χ2v) is 11.6. The summed E-state index contributed by atoms with van der Waals surface area (Å²) in [7, 11) is -3.20. The van der Waals surface area contributed by atoms with Gasteiger partial charge in [-0.05, 0) is 12.1 Å². The standard InChI is InChI=1S/C24H29F2N9O3S/c1-39(36,37)34-10-7-31(8-11-34)6-9-33-16-27-19-21(33)29-24(32-12-14-38-15-13-32)30-22(19)35-18-5-3-2-4-17(18)28-23(35)20(25)26/h2-5,16,20H,6-15H2,1H3. The first-order valence-electron chi connectivity index (χ1n) is 12.8. The van der Waals surface area contributed by atoms with Crippen LogP contribution in [0.3, 0.4) is 0 Å². The first-order chi connectivity index (χ1) is 18.8. The summed E-state index contributed by atoms with van der Waals surface area (Å²) in [6, 6.07) is 6.97. The Labute approximate surface area is 223 Å². The number of alkyl halides is 2.